The number of ether oxygens (including phenoxy) is 1. The molecule has 0 spiro atoms. The van der Waals surface area contributed by atoms with Crippen LogP contribution >= 0.6 is 0 Å². The highest BCUT2D eigenvalue weighted by atomic mass is 19.1. The number of benzene rings is 1. The monoisotopic (exact) mass is 402 g/mol. The average Bonchev–Trinajstić information content (AvgIpc) is 3.01. The van der Waals surface area contributed by atoms with Gasteiger partial charge in [-0.05, 0) is 32.9 Å². The molecule has 2 amide bonds. The van der Waals surface area contributed by atoms with E-state index in [1.807, 2.05) is 0 Å². The maximum atomic E-state index is 13.3. The minimum Gasteiger partial charge on any atom is -0.444 e. The Morgan fingerprint density at radius 1 is 1.24 bits per heavy atom. The molecule has 0 bridgehead atoms. The van der Waals surface area contributed by atoms with Gasteiger partial charge in [0.05, 0.1) is 24.3 Å². The van der Waals surface area contributed by atoms with Gasteiger partial charge in [-0.1, -0.05) is 12.1 Å². The lowest BCUT2D eigenvalue weighted by molar-refractivity contribution is 0.0269. The molecular weight excluding hydrogens is 379 g/mol. The van der Waals surface area contributed by atoms with Crippen molar-refractivity contribution < 1.29 is 23.8 Å². The molecule has 1 aromatic heterocycles. The highest BCUT2D eigenvalue weighted by Crippen LogP contribution is 2.17. The average molecular weight is 402 g/mol. The highest BCUT2D eigenvalue weighted by molar-refractivity contribution is 5.94. The summed E-state index contributed by atoms with van der Waals surface area (Å²) in [5.74, 6) is -0.596. The van der Waals surface area contributed by atoms with E-state index in [4.69, 9.17) is 4.74 Å². The molecule has 0 radical (unpaired) electrons. The zero-order valence-corrected chi connectivity index (χ0v) is 16.4. The zero-order chi connectivity index (χ0) is 21.2. The second kappa shape index (κ2) is 8.12. The van der Waals surface area contributed by atoms with E-state index in [0.29, 0.717) is 5.56 Å². The first-order chi connectivity index (χ1) is 13.6. The minimum absolute atomic E-state index is 0.0644. The third kappa shape index (κ3) is 5.26. The molecule has 1 aromatic carbocycles. The predicted molar refractivity (Wildman–Crippen MR) is 102 cm³/mol. The maximum Gasteiger partial charge on any atom is 0.410 e. The molecule has 1 saturated heterocycles. The molecule has 29 heavy (non-hydrogen) atoms. The Bertz CT molecular complexity index is 898. The molecule has 1 aliphatic heterocycles. The summed E-state index contributed by atoms with van der Waals surface area (Å²) in [7, 11) is 0. The van der Waals surface area contributed by atoms with E-state index in [9.17, 15) is 19.1 Å². The number of halogens is 1. The molecular formula is C20H23FN4O4. The Labute approximate surface area is 167 Å². The molecule has 1 fully saturated rings. The molecule has 3 rings (SSSR count). The first kappa shape index (κ1) is 20.7. The molecule has 8 nitrogen and oxygen atoms in total. The number of β-amino-alcohol motifs (C(OH)–C–C–N with tert-alkyl or cyclic N) is 1. The van der Waals surface area contributed by atoms with Crippen LogP contribution in [0.1, 0.15) is 31.1 Å². The zero-order valence-electron chi connectivity index (χ0n) is 16.4. The Kier molecular flexibility index (Phi) is 5.78. The number of amides is 2. The van der Waals surface area contributed by atoms with E-state index in [-0.39, 0.29) is 24.5 Å². The Hall–Kier alpha value is -3.07. The van der Waals surface area contributed by atoms with Crippen LogP contribution in [-0.4, -0.2) is 62.8 Å². The molecule has 2 aromatic rings. The van der Waals surface area contributed by atoms with Gasteiger partial charge in [0.1, 0.15) is 11.4 Å². The van der Waals surface area contributed by atoms with Crippen LogP contribution in [0.5, 0.6) is 0 Å². The molecule has 9 heteroatoms. The summed E-state index contributed by atoms with van der Waals surface area (Å²) in [4.78, 5) is 34.2. The third-order valence-corrected chi connectivity index (χ3v) is 4.25. The van der Waals surface area contributed by atoms with Crippen molar-refractivity contribution in [2.75, 3.05) is 13.1 Å². The molecule has 154 valence electrons. The topological polar surface area (TPSA) is 105 Å². The van der Waals surface area contributed by atoms with Gasteiger partial charge >= 0.3 is 6.09 Å². The second-order valence-corrected chi connectivity index (χ2v) is 7.84. The van der Waals surface area contributed by atoms with E-state index in [1.165, 1.54) is 29.4 Å². The van der Waals surface area contributed by atoms with Gasteiger partial charge in [0.15, 0.2) is 5.82 Å². The van der Waals surface area contributed by atoms with E-state index in [1.54, 1.807) is 32.9 Å². The first-order valence-electron chi connectivity index (χ1n) is 9.17. The number of nitrogens with one attached hydrogen (secondary N) is 1. The second-order valence-electron chi connectivity index (χ2n) is 7.84. The fourth-order valence-electron chi connectivity index (χ4n) is 2.88. The van der Waals surface area contributed by atoms with Crippen molar-refractivity contribution in [3.05, 3.63) is 48.0 Å². The first-order valence-corrected chi connectivity index (χ1v) is 9.17. The van der Waals surface area contributed by atoms with Crippen LogP contribution in [0.15, 0.2) is 36.7 Å². The fourth-order valence-corrected chi connectivity index (χ4v) is 2.88. The molecule has 2 heterocycles. The molecule has 0 saturated carbocycles. The number of hydrogen-bond donors (Lipinski definition) is 2. The van der Waals surface area contributed by atoms with Crippen molar-refractivity contribution in [3.8, 4) is 11.4 Å². The number of aliphatic hydroxyl groups excluding tert-OH is 1. The maximum absolute atomic E-state index is 13.3. The normalized spacial score (nSPS) is 19.1. The largest absolute Gasteiger partial charge is 0.444 e. The van der Waals surface area contributed by atoms with Crippen molar-refractivity contribution in [3.63, 3.8) is 0 Å². The Morgan fingerprint density at radius 2 is 1.93 bits per heavy atom. The number of aliphatic hydroxyl groups is 1. The van der Waals surface area contributed by atoms with Gasteiger partial charge in [-0.3, -0.25) is 4.79 Å². The van der Waals surface area contributed by atoms with E-state index in [2.05, 4.69) is 15.3 Å². The number of carbonyl (C=O) groups is 2. The smallest absolute Gasteiger partial charge is 0.410 e. The quantitative estimate of drug-likeness (QED) is 0.814. The molecule has 0 aliphatic carbocycles. The molecule has 2 N–H and O–H groups in total. The molecule has 2 atom stereocenters. The van der Waals surface area contributed by atoms with Crippen LogP contribution < -0.4 is 5.32 Å². The predicted octanol–water partition coefficient (Wildman–Crippen LogP) is 1.99. The summed E-state index contributed by atoms with van der Waals surface area (Å²) >= 11 is 0. The summed E-state index contributed by atoms with van der Waals surface area (Å²) < 4.78 is 18.6. The van der Waals surface area contributed by atoms with Crippen LogP contribution in [-0.2, 0) is 4.74 Å². The number of likely N-dealkylation sites (tertiary alicyclic amines) is 1. The Morgan fingerprint density at radius 3 is 2.55 bits per heavy atom. The van der Waals surface area contributed by atoms with Gasteiger partial charge in [-0.15, -0.1) is 0 Å². The number of hydrogen-bond acceptors (Lipinski definition) is 6. The van der Waals surface area contributed by atoms with Crippen LogP contribution in [0.25, 0.3) is 11.4 Å². The lowest BCUT2D eigenvalue weighted by atomic mass is 10.2. The SMILES string of the molecule is CC(C)(C)OC(=O)N1CC(NC(=O)c2cnc(-c3cccc(F)c3)nc2)[C@@H](O)C1. The summed E-state index contributed by atoms with van der Waals surface area (Å²) in [5.41, 5.74) is 0.0358. The van der Waals surface area contributed by atoms with E-state index in [0.717, 1.165) is 0 Å². The van der Waals surface area contributed by atoms with Crippen LogP contribution in [0, 0.1) is 5.82 Å². The standard InChI is InChI=1S/C20H23FN4O4/c1-20(2,3)29-19(28)25-10-15(16(26)11-25)24-18(27)13-8-22-17(23-9-13)12-5-4-6-14(21)7-12/h4-9,15-16,26H,10-11H2,1-3H3,(H,24,27)/t15?,16-/m0/s1. The van der Waals surface area contributed by atoms with Crippen molar-refractivity contribution in [1.82, 2.24) is 20.2 Å². The third-order valence-electron chi connectivity index (χ3n) is 4.25. The number of aromatic nitrogens is 2. The van der Waals surface area contributed by atoms with Crippen LogP contribution in [0.3, 0.4) is 0 Å². The van der Waals surface area contributed by atoms with Gasteiger partial charge in [0.25, 0.3) is 5.91 Å². The van der Waals surface area contributed by atoms with Crippen molar-refractivity contribution in [2.24, 2.45) is 0 Å². The Balaban J connectivity index is 1.62. The van der Waals surface area contributed by atoms with E-state index >= 15 is 0 Å². The van der Waals surface area contributed by atoms with Crippen molar-refractivity contribution in [1.29, 1.82) is 0 Å². The summed E-state index contributed by atoms with van der Waals surface area (Å²) in [6.45, 7) is 5.46. The minimum atomic E-state index is -0.918. The van der Waals surface area contributed by atoms with Gasteiger partial charge in [-0.2, -0.15) is 0 Å². The van der Waals surface area contributed by atoms with Crippen LogP contribution in [0.2, 0.25) is 0 Å². The summed E-state index contributed by atoms with van der Waals surface area (Å²) in [6, 6.07) is 5.19. The van der Waals surface area contributed by atoms with Gasteiger partial charge in [0.2, 0.25) is 0 Å². The lowest BCUT2D eigenvalue weighted by Crippen LogP contribution is -2.43. The van der Waals surface area contributed by atoms with Crippen LogP contribution in [0.4, 0.5) is 9.18 Å². The van der Waals surface area contributed by atoms with E-state index < -0.39 is 35.6 Å². The molecule has 1 aliphatic rings. The fraction of sp³-hybridized carbons (Fsp3) is 0.400. The van der Waals surface area contributed by atoms with Gasteiger partial charge < -0.3 is 20.1 Å². The van der Waals surface area contributed by atoms with Gasteiger partial charge in [0, 0.05) is 24.5 Å². The van der Waals surface area contributed by atoms with Gasteiger partial charge in [-0.25, -0.2) is 19.2 Å². The molecule has 1 unspecified atom stereocenters. The van der Waals surface area contributed by atoms with Crippen molar-refractivity contribution in [2.45, 2.75) is 38.5 Å². The van der Waals surface area contributed by atoms with Crippen molar-refractivity contribution >= 4 is 12.0 Å². The lowest BCUT2D eigenvalue weighted by Gasteiger charge is -2.24. The highest BCUT2D eigenvalue weighted by Gasteiger charge is 2.37. The number of nitrogens with zero attached hydrogens (tertiary/aromatic N) is 3. The number of rotatable bonds is 3. The number of carbonyl (C=O) groups excluding carboxylic acids is 2. The summed E-state index contributed by atoms with van der Waals surface area (Å²) in [6.07, 6.45) is 1.19. The summed E-state index contributed by atoms with van der Waals surface area (Å²) in [5, 5.41) is 12.9.